The van der Waals surface area contributed by atoms with Crippen LogP contribution in [0.4, 0.5) is 0 Å². The van der Waals surface area contributed by atoms with Crippen molar-refractivity contribution in [3.63, 3.8) is 0 Å². The third-order valence-corrected chi connectivity index (χ3v) is 5.04. The van der Waals surface area contributed by atoms with E-state index in [1.807, 2.05) is 4.68 Å². The highest BCUT2D eigenvalue weighted by molar-refractivity contribution is 5.99. The van der Waals surface area contributed by atoms with Gasteiger partial charge in [-0.15, -0.1) is 0 Å². The molecule has 3 aromatic heterocycles. The summed E-state index contributed by atoms with van der Waals surface area (Å²) in [5.41, 5.74) is 3.83. The average Bonchev–Trinajstić information content (AvgIpc) is 3.29. The van der Waals surface area contributed by atoms with Crippen LogP contribution in [-0.2, 0) is 26.1 Å². The summed E-state index contributed by atoms with van der Waals surface area (Å²) in [5.74, 6) is 0.414. The molecule has 0 aromatic carbocycles. The zero-order chi connectivity index (χ0) is 20.4. The van der Waals surface area contributed by atoms with Gasteiger partial charge in [-0.1, -0.05) is 13.8 Å². The van der Waals surface area contributed by atoms with Crippen molar-refractivity contribution in [2.75, 3.05) is 19.7 Å². The molecule has 0 radical (unpaired) electrons. The van der Waals surface area contributed by atoms with Gasteiger partial charge in [0.2, 0.25) is 0 Å². The van der Waals surface area contributed by atoms with E-state index >= 15 is 0 Å². The first-order valence-electron chi connectivity index (χ1n) is 10.0. The van der Waals surface area contributed by atoms with Gasteiger partial charge >= 0.3 is 0 Å². The zero-order valence-corrected chi connectivity index (χ0v) is 16.9. The van der Waals surface area contributed by atoms with Crippen LogP contribution in [-0.4, -0.2) is 60.0 Å². The van der Waals surface area contributed by atoms with E-state index in [9.17, 15) is 4.79 Å². The molecule has 154 valence electrons. The Morgan fingerprint density at radius 1 is 1.31 bits per heavy atom. The number of carbonyl (C=O) groups is 1. The van der Waals surface area contributed by atoms with Gasteiger partial charge in [0, 0.05) is 38.6 Å². The molecule has 0 bridgehead atoms. The van der Waals surface area contributed by atoms with Gasteiger partial charge in [0.1, 0.15) is 5.56 Å². The van der Waals surface area contributed by atoms with Crippen molar-refractivity contribution in [1.82, 2.24) is 34.6 Å². The van der Waals surface area contributed by atoms with Gasteiger partial charge in [-0.05, 0) is 24.0 Å². The Labute approximate surface area is 169 Å². The molecule has 1 aliphatic rings. The maximum Gasteiger partial charge on any atom is 0.257 e. The zero-order valence-electron chi connectivity index (χ0n) is 16.9. The number of aromatic nitrogens is 5. The number of nitrogens with one attached hydrogen (secondary N) is 1. The number of hydrogen-bond acceptors (Lipinski definition) is 6. The van der Waals surface area contributed by atoms with Crippen molar-refractivity contribution in [2.24, 2.45) is 5.92 Å². The van der Waals surface area contributed by atoms with Crippen molar-refractivity contribution in [2.45, 2.75) is 39.9 Å². The summed E-state index contributed by atoms with van der Waals surface area (Å²) in [6.07, 6.45) is 5.46. The highest BCUT2D eigenvalue weighted by Gasteiger charge is 2.20. The lowest BCUT2D eigenvalue weighted by atomic mass is 10.2. The Bertz CT molecular complexity index is 1010. The number of rotatable bonds is 7. The molecule has 0 fully saturated rings. The van der Waals surface area contributed by atoms with Crippen molar-refractivity contribution in [1.29, 1.82) is 0 Å². The molecule has 4 rings (SSSR count). The van der Waals surface area contributed by atoms with Crippen LogP contribution in [0.25, 0.3) is 5.65 Å². The van der Waals surface area contributed by atoms with Crippen molar-refractivity contribution in [3.05, 3.63) is 47.2 Å². The van der Waals surface area contributed by atoms with E-state index in [4.69, 9.17) is 5.11 Å². The lowest BCUT2D eigenvalue weighted by Crippen LogP contribution is -2.36. The van der Waals surface area contributed by atoms with Gasteiger partial charge in [0.15, 0.2) is 5.65 Å². The van der Waals surface area contributed by atoms with Crippen LogP contribution >= 0.6 is 0 Å². The van der Waals surface area contributed by atoms with Gasteiger partial charge < -0.3 is 10.4 Å². The standard InChI is InChI=1S/C20H27N7O2/c1-14(2)11-25-4-5-26-17(13-25)7-16(24-26)9-22-20(29)18-10-23-27-12-15(3-6-28)8-21-19(18)27/h7-8,10,12,14,28H,3-6,9,11,13H2,1-2H3,(H,22,29). The quantitative estimate of drug-likeness (QED) is 0.613. The molecule has 0 unspecified atom stereocenters. The van der Waals surface area contributed by atoms with Gasteiger partial charge in [0.05, 0.1) is 30.7 Å². The lowest BCUT2D eigenvalue weighted by molar-refractivity contribution is 0.0951. The van der Waals surface area contributed by atoms with E-state index in [1.54, 1.807) is 16.9 Å². The number of hydrogen-bond donors (Lipinski definition) is 2. The maximum atomic E-state index is 12.6. The second kappa shape index (κ2) is 8.30. The van der Waals surface area contributed by atoms with Crippen LogP contribution in [0.5, 0.6) is 0 Å². The van der Waals surface area contributed by atoms with Gasteiger partial charge in [-0.2, -0.15) is 10.2 Å². The van der Waals surface area contributed by atoms with Crippen molar-refractivity contribution in [3.8, 4) is 0 Å². The smallest absolute Gasteiger partial charge is 0.257 e. The molecule has 0 atom stereocenters. The summed E-state index contributed by atoms with van der Waals surface area (Å²) in [4.78, 5) is 19.4. The summed E-state index contributed by atoms with van der Waals surface area (Å²) < 4.78 is 3.61. The molecule has 1 aliphatic heterocycles. The molecular formula is C20H27N7O2. The molecule has 0 saturated carbocycles. The van der Waals surface area contributed by atoms with Crippen molar-refractivity contribution >= 4 is 11.6 Å². The predicted molar refractivity (Wildman–Crippen MR) is 107 cm³/mol. The lowest BCUT2D eigenvalue weighted by Gasteiger charge is -2.28. The van der Waals surface area contributed by atoms with Crippen LogP contribution in [0.1, 0.15) is 41.2 Å². The minimum absolute atomic E-state index is 0.0473. The van der Waals surface area contributed by atoms with E-state index < -0.39 is 0 Å². The molecule has 0 spiro atoms. The van der Waals surface area contributed by atoms with Crippen LogP contribution in [0.3, 0.4) is 0 Å². The molecule has 0 aliphatic carbocycles. The summed E-state index contributed by atoms with van der Waals surface area (Å²) >= 11 is 0. The van der Waals surface area contributed by atoms with Gasteiger partial charge in [-0.25, -0.2) is 9.50 Å². The number of nitrogens with zero attached hydrogens (tertiary/aromatic N) is 6. The van der Waals surface area contributed by atoms with Crippen LogP contribution in [0.2, 0.25) is 0 Å². The molecule has 9 nitrogen and oxygen atoms in total. The summed E-state index contributed by atoms with van der Waals surface area (Å²) in [6.45, 7) is 8.74. The fourth-order valence-electron chi connectivity index (χ4n) is 3.74. The number of amides is 1. The monoisotopic (exact) mass is 397 g/mol. The largest absolute Gasteiger partial charge is 0.396 e. The molecular weight excluding hydrogens is 370 g/mol. The highest BCUT2D eigenvalue weighted by Crippen LogP contribution is 2.15. The Kier molecular flexibility index (Phi) is 5.59. The highest BCUT2D eigenvalue weighted by atomic mass is 16.3. The Hall–Kier alpha value is -2.78. The Balaban J connectivity index is 1.40. The predicted octanol–water partition coefficient (Wildman–Crippen LogP) is 0.862. The third kappa shape index (κ3) is 4.30. The maximum absolute atomic E-state index is 12.6. The fraction of sp³-hybridized carbons (Fsp3) is 0.500. The van der Waals surface area contributed by atoms with E-state index in [2.05, 4.69) is 45.3 Å². The Morgan fingerprint density at radius 3 is 2.97 bits per heavy atom. The first-order valence-corrected chi connectivity index (χ1v) is 10.0. The molecule has 2 N–H and O–H groups in total. The first-order chi connectivity index (χ1) is 14.0. The molecule has 29 heavy (non-hydrogen) atoms. The second-order valence-corrected chi connectivity index (χ2v) is 7.92. The van der Waals surface area contributed by atoms with E-state index in [-0.39, 0.29) is 12.5 Å². The van der Waals surface area contributed by atoms with E-state index in [0.29, 0.717) is 30.1 Å². The molecule has 1 amide bonds. The minimum Gasteiger partial charge on any atom is -0.396 e. The normalized spacial score (nSPS) is 14.5. The Morgan fingerprint density at radius 2 is 2.17 bits per heavy atom. The van der Waals surface area contributed by atoms with E-state index in [1.165, 1.54) is 11.9 Å². The summed E-state index contributed by atoms with van der Waals surface area (Å²) in [6, 6.07) is 2.07. The number of carbonyl (C=O) groups excluding carboxylic acids is 1. The topological polar surface area (TPSA) is 101 Å². The van der Waals surface area contributed by atoms with E-state index in [0.717, 1.165) is 37.4 Å². The number of aliphatic hydroxyl groups is 1. The molecule has 4 heterocycles. The summed E-state index contributed by atoms with van der Waals surface area (Å²) in [5, 5.41) is 20.8. The van der Waals surface area contributed by atoms with Gasteiger partial charge in [-0.3, -0.25) is 14.4 Å². The molecule has 3 aromatic rings. The number of fused-ring (bicyclic) bond motifs is 2. The number of aliphatic hydroxyl groups excluding tert-OH is 1. The van der Waals surface area contributed by atoms with Crippen LogP contribution < -0.4 is 5.32 Å². The van der Waals surface area contributed by atoms with Crippen molar-refractivity contribution < 1.29 is 9.90 Å². The molecule has 0 saturated heterocycles. The van der Waals surface area contributed by atoms with Gasteiger partial charge in [0.25, 0.3) is 5.91 Å². The summed E-state index contributed by atoms with van der Waals surface area (Å²) in [7, 11) is 0. The SMILES string of the molecule is CC(C)CN1CCn2nc(CNC(=O)c3cnn4cc(CCO)cnc34)cc2C1. The minimum atomic E-state index is -0.227. The first kappa shape index (κ1) is 19.5. The van der Waals surface area contributed by atoms with Crippen LogP contribution in [0, 0.1) is 5.92 Å². The fourth-order valence-corrected chi connectivity index (χ4v) is 3.74. The molecule has 9 heteroatoms. The third-order valence-electron chi connectivity index (χ3n) is 5.04. The second-order valence-electron chi connectivity index (χ2n) is 7.92. The average molecular weight is 397 g/mol. The van der Waals surface area contributed by atoms with Crippen LogP contribution in [0.15, 0.2) is 24.7 Å².